The maximum atomic E-state index is 13.0. The monoisotopic (exact) mass is 564 g/mol. The van der Waals surface area contributed by atoms with Crippen LogP contribution in [0.5, 0.6) is 11.5 Å². The van der Waals surface area contributed by atoms with E-state index in [0.717, 1.165) is 29.1 Å². The van der Waals surface area contributed by atoms with Crippen LogP contribution in [0, 0.1) is 0 Å². The van der Waals surface area contributed by atoms with Crippen molar-refractivity contribution in [3.05, 3.63) is 70.1 Å². The molecule has 0 N–H and O–H groups in total. The molecule has 1 aliphatic rings. The molecule has 0 spiro atoms. The van der Waals surface area contributed by atoms with Gasteiger partial charge in [-0.2, -0.15) is 8.42 Å². The summed E-state index contributed by atoms with van der Waals surface area (Å²) in [7, 11) is -2.45. The first kappa shape index (κ1) is 26.1. The SMILES string of the molecule is C=CCN1C(=O)/C(=C/c2ccc(OCCCC)c(OC)c2)SC1=NS(=O)(=O)c1ccc(Br)cc1. The molecule has 1 heterocycles. The average Bonchev–Trinajstić information content (AvgIpc) is 3.08. The van der Waals surface area contributed by atoms with Gasteiger partial charge in [0.15, 0.2) is 16.7 Å². The highest BCUT2D eigenvalue weighted by Gasteiger charge is 2.34. The lowest BCUT2D eigenvalue weighted by Crippen LogP contribution is -2.29. The quantitative estimate of drug-likeness (QED) is 0.215. The van der Waals surface area contributed by atoms with Crippen LogP contribution in [0.2, 0.25) is 0 Å². The summed E-state index contributed by atoms with van der Waals surface area (Å²) in [4.78, 5) is 14.7. The fourth-order valence-electron chi connectivity index (χ4n) is 3.00. The number of methoxy groups -OCH3 is 1. The molecule has 34 heavy (non-hydrogen) atoms. The number of carbonyl (C=O) groups excluding carboxylic acids is 1. The summed E-state index contributed by atoms with van der Waals surface area (Å²) in [5, 5.41) is 0.0746. The zero-order chi connectivity index (χ0) is 24.7. The van der Waals surface area contributed by atoms with Crippen LogP contribution in [-0.2, 0) is 14.8 Å². The molecule has 0 atom stereocenters. The Balaban J connectivity index is 1.92. The molecule has 0 radical (unpaired) electrons. The zero-order valence-electron chi connectivity index (χ0n) is 18.9. The van der Waals surface area contributed by atoms with Crippen LogP contribution in [0.1, 0.15) is 25.3 Å². The first-order valence-electron chi connectivity index (χ1n) is 10.5. The van der Waals surface area contributed by atoms with Gasteiger partial charge in [0.2, 0.25) is 0 Å². The van der Waals surface area contributed by atoms with Crippen LogP contribution in [-0.4, -0.2) is 44.7 Å². The summed E-state index contributed by atoms with van der Waals surface area (Å²) in [6.07, 6.45) is 5.16. The Morgan fingerprint density at radius 3 is 2.56 bits per heavy atom. The topological polar surface area (TPSA) is 85.3 Å². The van der Waals surface area contributed by atoms with E-state index in [0.29, 0.717) is 28.6 Å². The van der Waals surface area contributed by atoms with Gasteiger partial charge in [-0.3, -0.25) is 9.69 Å². The molecule has 0 aliphatic carbocycles. The molecule has 0 bridgehead atoms. The molecule has 0 aromatic heterocycles. The highest BCUT2D eigenvalue weighted by atomic mass is 79.9. The van der Waals surface area contributed by atoms with Crippen molar-refractivity contribution < 1.29 is 22.7 Å². The summed E-state index contributed by atoms with van der Waals surface area (Å²) in [6, 6.07) is 11.5. The third-order valence-corrected chi connectivity index (χ3v) is 7.68. The van der Waals surface area contributed by atoms with Gasteiger partial charge in [-0.05, 0) is 66.2 Å². The molecule has 1 aliphatic heterocycles. The normalized spacial score (nSPS) is 16.3. The number of ether oxygens (including phenoxy) is 2. The van der Waals surface area contributed by atoms with Gasteiger partial charge in [-0.15, -0.1) is 11.0 Å². The fourth-order valence-corrected chi connectivity index (χ4v) is 5.45. The largest absolute Gasteiger partial charge is 0.493 e. The minimum atomic E-state index is -4.00. The van der Waals surface area contributed by atoms with E-state index in [1.165, 1.54) is 23.1 Å². The van der Waals surface area contributed by atoms with E-state index in [1.807, 2.05) is 6.07 Å². The van der Waals surface area contributed by atoms with Crippen LogP contribution in [0.3, 0.4) is 0 Å². The second kappa shape index (κ2) is 11.7. The Morgan fingerprint density at radius 2 is 1.91 bits per heavy atom. The predicted molar refractivity (Wildman–Crippen MR) is 140 cm³/mol. The van der Waals surface area contributed by atoms with Gasteiger partial charge < -0.3 is 9.47 Å². The zero-order valence-corrected chi connectivity index (χ0v) is 22.1. The third-order valence-electron chi connectivity index (χ3n) is 4.75. The first-order chi connectivity index (χ1) is 16.3. The summed E-state index contributed by atoms with van der Waals surface area (Å²) < 4.78 is 41.5. The molecule has 180 valence electrons. The number of hydrogen-bond donors (Lipinski definition) is 0. The van der Waals surface area contributed by atoms with Crippen molar-refractivity contribution in [1.29, 1.82) is 0 Å². The number of halogens is 1. The van der Waals surface area contributed by atoms with E-state index in [4.69, 9.17) is 9.47 Å². The van der Waals surface area contributed by atoms with Crippen molar-refractivity contribution in [3.8, 4) is 11.5 Å². The lowest BCUT2D eigenvalue weighted by molar-refractivity contribution is -0.121. The van der Waals surface area contributed by atoms with E-state index >= 15 is 0 Å². The van der Waals surface area contributed by atoms with Gasteiger partial charge in [0.05, 0.1) is 23.5 Å². The van der Waals surface area contributed by atoms with Crippen molar-refractivity contribution in [3.63, 3.8) is 0 Å². The van der Waals surface area contributed by atoms with E-state index in [-0.39, 0.29) is 22.5 Å². The number of unbranched alkanes of at least 4 members (excludes halogenated alkanes) is 1. The standard InChI is InChI=1S/C24H25BrN2O5S2/c1-4-6-14-32-20-12-7-17(15-21(20)31-3)16-22-23(28)27(13-5-2)24(33-22)26-34(29,30)19-10-8-18(25)9-11-19/h5,7-12,15-16H,2,4,6,13-14H2,1,3H3/b22-16-,26-24?. The molecule has 2 aromatic rings. The average molecular weight is 566 g/mol. The van der Waals surface area contributed by atoms with Crippen molar-refractivity contribution in [1.82, 2.24) is 4.90 Å². The Hall–Kier alpha value is -2.56. The summed E-state index contributed by atoms with van der Waals surface area (Å²) >= 11 is 4.28. The Morgan fingerprint density at radius 1 is 1.18 bits per heavy atom. The molecule has 0 saturated carbocycles. The van der Waals surface area contributed by atoms with Gasteiger partial charge in [0.1, 0.15) is 0 Å². The molecule has 1 saturated heterocycles. The lowest BCUT2D eigenvalue weighted by atomic mass is 10.2. The van der Waals surface area contributed by atoms with Crippen LogP contribution in [0.15, 0.2) is 73.8 Å². The number of carbonyl (C=O) groups is 1. The van der Waals surface area contributed by atoms with E-state index in [2.05, 4.69) is 33.8 Å². The number of hydrogen-bond acceptors (Lipinski definition) is 6. The summed E-state index contributed by atoms with van der Waals surface area (Å²) in [6.45, 7) is 6.47. The minimum absolute atomic E-state index is 0.0376. The number of sulfonamides is 1. The van der Waals surface area contributed by atoms with Crippen molar-refractivity contribution in [2.45, 2.75) is 24.7 Å². The molecule has 1 amide bonds. The first-order valence-corrected chi connectivity index (χ1v) is 13.6. The second-order valence-corrected chi connectivity index (χ2v) is 10.8. The smallest absolute Gasteiger partial charge is 0.284 e. The van der Waals surface area contributed by atoms with Gasteiger partial charge in [0.25, 0.3) is 15.9 Å². The van der Waals surface area contributed by atoms with Crippen LogP contribution >= 0.6 is 27.7 Å². The number of rotatable bonds is 10. The number of nitrogens with zero attached hydrogens (tertiary/aromatic N) is 2. The molecule has 1 fully saturated rings. The van der Waals surface area contributed by atoms with Gasteiger partial charge in [0, 0.05) is 11.0 Å². The second-order valence-electron chi connectivity index (χ2n) is 7.23. The Kier molecular flexibility index (Phi) is 8.98. The third kappa shape index (κ3) is 6.31. The lowest BCUT2D eigenvalue weighted by Gasteiger charge is -2.12. The van der Waals surface area contributed by atoms with E-state index in [9.17, 15) is 13.2 Å². The van der Waals surface area contributed by atoms with E-state index in [1.54, 1.807) is 37.5 Å². The summed E-state index contributed by atoms with van der Waals surface area (Å²) in [5.74, 6) is 0.826. The number of amides is 1. The number of thioether (sulfide) groups is 1. The van der Waals surface area contributed by atoms with Crippen LogP contribution in [0.4, 0.5) is 0 Å². The maximum absolute atomic E-state index is 13.0. The van der Waals surface area contributed by atoms with Crippen molar-refractivity contribution >= 4 is 54.9 Å². The Bertz CT molecular complexity index is 1220. The van der Waals surface area contributed by atoms with Crippen molar-refractivity contribution in [2.75, 3.05) is 20.3 Å². The van der Waals surface area contributed by atoms with Gasteiger partial charge >= 0.3 is 0 Å². The summed E-state index contributed by atoms with van der Waals surface area (Å²) in [5.41, 5.74) is 0.714. The van der Waals surface area contributed by atoms with Gasteiger partial charge in [-0.1, -0.05) is 41.4 Å². The maximum Gasteiger partial charge on any atom is 0.284 e. The van der Waals surface area contributed by atoms with Gasteiger partial charge in [-0.25, -0.2) is 0 Å². The molecular formula is C24H25BrN2O5S2. The van der Waals surface area contributed by atoms with Crippen molar-refractivity contribution in [2.24, 2.45) is 4.40 Å². The van der Waals surface area contributed by atoms with E-state index < -0.39 is 10.0 Å². The molecule has 7 nitrogen and oxygen atoms in total. The number of amidine groups is 1. The van der Waals surface area contributed by atoms with Crippen LogP contribution in [0.25, 0.3) is 6.08 Å². The number of benzene rings is 2. The molecule has 2 aromatic carbocycles. The Labute approximate surface area is 212 Å². The van der Waals surface area contributed by atoms with Crippen LogP contribution < -0.4 is 9.47 Å². The molecule has 10 heteroatoms. The fraction of sp³-hybridized carbons (Fsp3) is 0.250. The predicted octanol–water partition coefficient (Wildman–Crippen LogP) is 5.48. The highest BCUT2D eigenvalue weighted by molar-refractivity contribution is 9.10. The minimum Gasteiger partial charge on any atom is -0.493 e. The molecule has 0 unspecified atom stereocenters. The molecular weight excluding hydrogens is 540 g/mol. The molecule has 3 rings (SSSR count). The highest BCUT2D eigenvalue weighted by Crippen LogP contribution is 2.35.